The Balaban J connectivity index is 1.81. The summed E-state index contributed by atoms with van der Waals surface area (Å²) in [5.74, 6) is -0.372. The minimum absolute atomic E-state index is 0.0913. The Hall–Kier alpha value is -2.45. The molecule has 1 aliphatic rings. The average Bonchev–Trinajstić information content (AvgIpc) is 2.80. The summed E-state index contributed by atoms with van der Waals surface area (Å²) in [5.41, 5.74) is 0.437. The third kappa shape index (κ3) is 6.94. The van der Waals surface area contributed by atoms with Crippen LogP contribution in [0.25, 0.3) is 0 Å². The molecule has 0 aliphatic carbocycles. The van der Waals surface area contributed by atoms with Crippen LogP contribution in [0.4, 0.5) is 15.8 Å². The zero-order valence-electron chi connectivity index (χ0n) is 22.7. The quantitative estimate of drug-likeness (QED) is 0.449. The Bertz CT molecular complexity index is 1340. The Morgan fingerprint density at radius 2 is 1.82 bits per heavy atom. The summed E-state index contributed by atoms with van der Waals surface area (Å²) in [5, 5.41) is 5.64. The first-order valence-corrected chi connectivity index (χ1v) is 15.2. The fourth-order valence-electron chi connectivity index (χ4n) is 5.31. The van der Waals surface area contributed by atoms with Crippen molar-refractivity contribution in [3.05, 3.63) is 48.3 Å². The zero-order chi connectivity index (χ0) is 28.5. The van der Waals surface area contributed by atoms with Crippen molar-refractivity contribution in [2.45, 2.75) is 43.7 Å². The molecule has 2 aromatic rings. The van der Waals surface area contributed by atoms with Crippen molar-refractivity contribution in [2.24, 2.45) is 11.1 Å². The van der Waals surface area contributed by atoms with E-state index in [0.717, 1.165) is 5.69 Å². The van der Waals surface area contributed by atoms with Crippen LogP contribution < -0.4 is 24.4 Å². The van der Waals surface area contributed by atoms with Crippen LogP contribution in [0.2, 0.25) is 0 Å². The van der Waals surface area contributed by atoms with Gasteiger partial charge in [0.15, 0.2) is 0 Å². The molecule has 1 fully saturated rings. The number of rotatable bonds is 10. The second kappa shape index (κ2) is 11.3. The van der Waals surface area contributed by atoms with E-state index in [1.807, 2.05) is 30.8 Å². The zero-order valence-corrected chi connectivity index (χ0v) is 24.3. The van der Waals surface area contributed by atoms with Gasteiger partial charge < -0.3 is 14.5 Å². The lowest BCUT2D eigenvalue weighted by atomic mass is 9.86. The minimum atomic E-state index is -4.09. The number of sulfonamides is 1. The van der Waals surface area contributed by atoms with Gasteiger partial charge in [0.25, 0.3) is 10.2 Å². The molecule has 1 saturated heterocycles. The molecule has 3 atom stereocenters. The lowest BCUT2D eigenvalue weighted by Gasteiger charge is -2.52. The number of anilines is 2. The SMILES string of the molecule is COc1cc(F)cc(N2CC(C)N(S(N)(=O)=O)C(C)(C[C@H](C)CNS(=O)(=O)c3ccc(N(C)C)cc3)C2)c1. The van der Waals surface area contributed by atoms with E-state index in [1.54, 1.807) is 44.2 Å². The van der Waals surface area contributed by atoms with Gasteiger partial charge in [-0.3, -0.25) is 0 Å². The number of piperazine rings is 1. The molecule has 2 aromatic carbocycles. The van der Waals surface area contributed by atoms with Crippen LogP contribution in [-0.2, 0) is 20.2 Å². The monoisotopic (exact) mass is 571 g/mol. The molecule has 1 aliphatic heterocycles. The van der Waals surface area contributed by atoms with Crippen molar-refractivity contribution in [3.8, 4) is 5.75 Å². The predicted molar refractivity (Wildman–Crippen MR) is 148 cm³/mol. The van der Waals surface area contributed by atoms with Gasteiger partial charge in [0.05, 0.1) is 17.5 Å². The third-order valence-corrected chi connectivity index (χ3v) is 9.54. The maximum Gasteiger partial charge on any atom is 0.277 e. The van der Waals surface area contributed by atoms with Crippen LogP contribution in [-0.4, -0.2) is 73.6 Å². The number of methoxy groups -OCH3 is 1. The van der Waals surface area contributed by atoms with Crippen molar-refractivity contribution in [2.75, 3.05) is 50.6 Å². The Kier molecular flexibility index (Phi) is 8.98. The van der Waals surface area contributed by atoms with Gasteiger partial charge in [0.1, 0.15) is 11.6 Å². The van der Waals surface area contributed by atoms with Crippen LogP contribution in [0, 0.1) is 11.7 Å². The standard InChI is InChI=1S/C25H38FN5O5S2/c1-18(15-28-37(32,33)24-9-7-21(8-10-24)29(4)5)14-25(3)17-30(16-19(2)31(25)38(27,34)35)22-11-20(26)12-23(13-22)36-6/h7-13,18-19,28H,14-17H2,1-6H3,(H2,27,34,35)/t18-,19?,25?/m0/s1. The molecule has 212 valence electrons. The van der Waals surface area contributed by atoms with Crippen LogP contribution >= 0.6 is 0 Å². The molecule has 0 bridgehead atoms. The van der Waals surface area contributed by atoms with Crippen molar-refractivity contribution in [3.63, 3.8) is 0 Å². The Morgan fingerprint density at radius 3 is 2.37 bits per heavy atom. The summed E-state index contributed by atoms with van der Waals surface area (Å²) < 4.78 is 74.5. The highest BCUT2D eigenvalue weighted by atomic mass is 32.2. The van der Waals surface area contributed by atoms with E-state index in [0.29, 0.717) is 24.4 Å². The largest absolute Gasteiger partial charge is 0.497 e. The van der Waals surface area contributed by atoms with Crippen molar-refractivity contribution in [1.29, 1.82) is 0 Å². The van der Waals surface area contributed by atoms with Crippen molar-refractivity contribution in [1.82, 2.24) is 9.03 Å². The molecule has 0 aromatic heterocycles. The predicted octanol–water partition coefficient (Wildman–Crippen LogP) is 2.38. The van der Waals surface area contributed by atoms with E-state index >= 15 is 0 Å². The summed E-state index contributed by atoms with van der Waals surface area (Å²) >= 11 is 0. The molecule has 0 radical (unpaired) electrons. The van der Waals surface area contributed by atoms with Crippen molar-refractivity contribution < 1.29 is 26.0 Å². The number of nitrogens with two attached hydrogens (primary N) is 1. The molecule has 3 rings (SSSR count). The van der Waals surface area contributed by atoms with E-state index in [1.165, 1.54) is 23.5 Å². The van der Waals surface area contributed by atoms with E-state index in [9.17, 15) is 21.2 Å². The van der Waals surface area contributed by atoms with Gasteiger partial charge in [0, 0.05) is 63.3 Å². The molecule has 0 saturated carbocycles. The fourth-order valence-corrected chi connectivity index (χ4v) is 7.79. The van der Waals surface area contributed by atoms with E-state index in [2.05, 4.69) is 4.72 Å². The molecule has 10 nitrogen and oxygen atoms in total. The number of benzene rings is 2. The highest BCUT2D eigenvalue weighted by molar-refractivity contribution is 7.89. The first-order valence-electron chi connectivity index (χ1n) is 12.2. The average molecular weight is 572 g/mol. The summed E-state index contributed by atoms with van der Waals surface area (Å²) in [4.78, 5) is 3.92. The first kappa shape index (κ1) is 30.1. The molecule has 0 amide bonds. The number of halogens is 1. The van der Waals surface area contributed by atoms with Crippen LogP contribution in [0.5, 0.6) is 5.75 Å². The van der Waals surface area contributed by atoms with Gasteiger partial charge in [-0.2, -0.15) is 12.7 Å². The molecule has 1 heterocycles. The summed E-state index contributed by atoms with van der Waals surface area (Å²) in [6, 6.07) is 10.4. The number of nitrogens with zero attached hydrogens (tertiary/aromatic N) is 3. The summed E-state index contributed by atoms with van der Waals surface area (Å²) in [6.45, 7) is 5.98. The van der Waals surface area contributed by atoms with Gasteiger partial charge in [-0.05, 0) is 56.5 Å². The number of ether oxygens (including phenoxy) is 1. The number of hydrogen-bond donors (Lipinski definition) is 2. The maximum absolute atomic E-state index is 14.2. The molecular weight excluding hydrogens is 533 g/mol. The summed E-state index contributed by atoms with van der Waals surface area (Å²) in [7, 11) is -2.67. The fraction of sp³-hybridized carbons (Fsp3) is 0.520. The molecule has 0 spiro atoms. The lowest BCUT2D eigenvalue weighted by molar-refractivity contribution is 0.113. The molecule has 3 N–H and O–H groups in total. The lowest BCUT2D eigenvalue weighted by Crippen LogP contribution is -2.68. The van der Waals surface area contributed by atoms with Gasteiger partial charge in [-0.1, -0.05) is 6.92 Å². The Labute approximate surface area is 225 Å². The second-order valence-electron chi connectivity index (χ2n) is 10.5. The Morgan fingerprint density at radius 1 is 1.18 bits per heavy atom. The van der Waals surface area contributed by atoms with Crippen LogP contribution in [0.15, 0.2) is 47.4 Å². The van der Waals surface area contributed by atoms with E-state index < -0.39 is 37.6 Å². The molecule has 38 heavy (non-hydrogen) atoms. The molecule has 13 heteroatoms. The van der Waals surface area contributed by atoms with Gasteiger partial charge in [-0.25, -0.2) is 22.7 Å². The van der Waals surface area contributed by atoms with Gasteiger partial charge >= 0.3 is 0 Å². The van der Waals surface area contributed by atoms with E-state index in [4.69, 9.17) is 9.88 Å². The van der Waals surface area contributed by atoms with Crippen molar-refractivity contribution >= 4 is 31.6 Å². The topological polar surface area (TPSA) is 125 Å². The number of hydrogen-bond acceptors (Lipinski definition) is 7. The van der Waals surface area contributed by atoms with Crippen LogP contribution in [0.1, 0.15) is 27.2 Å². The summed E-state index contributed by atoms with van der Waals surface area (Å²) in [6.07, 6.45) is 0.304. The van der Waals surface area contributed by atoms with Gasteiger partial charge in [-0.15, -0.1) is 0 Å². The van der Waals surface area contributed by atoms with Crippen LogP contribution in [0.3, 0.4) is 0 Å². The highest BCUT2D eigenvalue weighted by Crippen LogP contribution is 2.36. The smallest absolute Gasteiger partial charge is 0.277 e. The highest BCUT2D eigenvalue weighted by Gasteiger charge is 2.47. The first-order chi connectivity index (χ1) is 17.6. The molecular formula is C25H38FN5O5S2. The maximum atomic E-state index is 14.2. The van der Waals surface area contributed by atoms with Gasteiger partial charge in [0.2, 0.25) is 10.0 Å². The normalized spacial score (nSPS) is 21.8. The van der Waals surface area contributed by atoms with E-state index in [-0.39, 0.29) is 23.9 Å². The third-order valence-electron chi connectivity index (χ3n) is 6.75. The second-order valence-corrected chi connectivity index (χ2v) is 13.7. The molecule has 2 unspecified atom stereocenters. The minimum Gasteiger partial charge on any atom is -0.497 e. The number of nitrogens with one attached hydrogen (secondary N) is 1.